The van der Waals surface area contributed by atoms with Gasteiger partial charge in [0.25, 0.3) is 11.8 Å². The minimum Gasteiger partial charge on any atom is -0.504 e. The predicted octanol–water partition coefficient (Wildman–Crippen LogP) is 2.64. The van der Waals surface area contributed by atoms with Crippen molar-refractivity contribution >= 4 is 40.6 Å². The fourth-order valence-corrected chi connectivity index (χ4v) is 3.49. The number of benzene rings is 2. The molecule has 1 aliphatic rings. The average Bonchev–Trinajstić information content (AvgIpc) is 3.21. The van der Waals surface area contributed by atoms with Crippen LogP contribution in [0.3, 0.4) is 0 Å². The number of halogens is 1. The molecule has 0 saturated carbocycles. The maximum Gasteiger partial charge on any atom is 0.262 e. The molecule has 0 bridgehead atoms. The van der Waals surface area contributed by atoms with Gasteiger partial charge in [-0.1, -0.05) is 13.8 Å². The Morgan fingerprint density at radius 2 is 1.97 bits per heavy atom. The van der Waals surface area contributed by atoms with Gasteiger partial charge in [-0.05, 0) is 64.4 Å². The number of nitrogens with zero attached hydrogens (tertiary/aromatic N) is 1. The lowest BCUT2D eigenvalue weighted by molar-refractivity contribution is -0.123. The number of phenols is 1. The number of hydrazone groups is 1. The van der Waals surface area contributed by atoms with Crippen molar-refractivity contribution < 1.29 is 28.9 Å². The van der Waals surface area contributed by atoms with Crippen molar-refractivity contribution in [3.8, 4) is 23.0 Å². The number of ether oxygens (including phenoxy) is 3. The van der Waals surface area contributed by atoms with Gasteiger partial charge < -0.3 is 24.6 Å². The second-order valence-corrected chi connectivity index (χ2v) is 8.21. The Kier molecular flexibility index (Phi) is 7.21. The van der Waals surface area contributed by atoms with Crippen LogP contribution in [0.4, 0.5) is 0 Å². The number of amides is 2. The lowest BCUT2D eigenvalue weighted by Crippen LogP contribution is -2.48. The molecule has 9 nitrogen and oxygen atoms in total. The first-order chi connectivity index (χ1) is 14.8. The number of hydrogen-bond acceptors (Lipinski definition) is 7. The summed E-state index contributed by atoms with van der Waals surface area (Å²) in [6, 6.07) is 7.31. The van der Waals surface area contributed by atoms with E-state index in [2.05, 4.69) is 15.8 Å². The van der Waals surface area contributed by atoms with Gasteiger partial charge in [-0.15, -0.1) is 0 Å². The fourth-order valence-electron chi connectivity index (χ4n) is 2.86. The van der Waals surface area contributed by atoms with E-state index < -0.39 is 17.9 Å². The molecule has 2 amide bonds. The molecule has 0 spiro atoms. The molecule has 31 heavy (non-hydrogen) atoms. The van der Waals surface area contributed by atoms with Crippen LogP contribution in [0.15, 0.2) is 35.4 Å². The van der Waals surface area contributed by atoms with E-state index in [1.165, 1.54) is 13.3 Å². The Hall–Kier alpha value is -3.02. The summed E-state index contributed by atoms with van der Waals surface area (Å²) in [7, 11) is 1.45. The van der Waals surface area contributed by atoms with Crippen LogP contribution < -0.4 is 25.0 Å². The van der Waals surface area contributed by atoms with Gasteiger partial charge in [0.1, 0.15) is 6.04 Å². The lowest BCUT2D eigenvalue weighted by Gasteiger charge is -2.20. The molecule has 0 aromatic heterocycles. The molecule has 1 unspecified atom stereocenters. The molecule has 0 aliphatic carbocycles. The predicted molar refractivity (Wildman–Crippen MR) is 122 cm³/mol. The van der Waals surface area contributed by atoms with Gasteiger partial charge in [0, 0.05) is 5.56 Å². The summed E-state index contributed by atoms with van der Waals surface area (Å²) < 4.78 is 16.2. The lowest BCUT2D eigenvalue weighted by atomic mass is 10.0. The Labute approximate surface area is 192 Å². The zero-order chi connectivity index (χ0) is 22.5. The molecule has 0 saturated heterocycles. The van der Waals surface area contributed by atoms with Crippen LogP contribution in [0.5, 0.6) is 23.0 Å². The van der Waals surface area contributed by atoms with Crippen molar-refractivity contribution in [2.75, 3.05) is 13.9 Å². The number of hydrogen-bond donors (Lipinski definition) is 3. The van der Waals surface area contributed by atoms with Crippen molar-refractivity contribution in [1.82, 2.24) is 10.7 Å². The molecule has 1 heterocycles. The van der Waals surface area contributed by atoms with Crippen LogP contribution in [0, 0.1) is 9.49 Å². The maximum absolute atomic E-state index is 12.6. The SMILES string of the molecule is COc1cc(/C=N/NC(=O)C(NC(=O)c2ccc3c(c2)OCO3)C(C)C)cc(I)c1O. The highest BCUT2D eigenvalue weighted by Crippen LogP contribution is 2.33. The second-order valence-electron chi connectivity index (χ2n) is 7.05. The van der Waals surface area contributed by atoms with E-state index in [0.29, 0.717) is 31.9 Å². The van der Waals surface area contributed by atoms with E-state index in [0.717, 1.165) is 0 Å². The largest absolute Gasteiger partial charge is 0.504 e. The van der Waals surface area contributed by atoms with Crippen LogP contribution in [-0.4, -0.2) is 43.1 Å². The summed E-state index contributed by atoms with van der Waals surface area (Å²) in [5, 5.41) is 16.6. The molecule has 10 heteroatoms. The van der Waals surface area contributed by atoms with Crippen LogP contribution in [0.2, 0.25) is 0 Å². The van der Waals surface area contributed by atoms with Crippen LogP contribution in [0.1, 0.15) is 29.8 Å². The Balaban J connectivity index is 1.66. The molecular formula is C21H22IN3O6. The third-order valence-electron chi connectivity index (χ3n) is 4.53. The number of aromatic hydroxyl groups is 1. The van der Waals surface area contributed by atoms with Crippen molar-refractivity contribution in [1.29, 1.82) is 0 Å². The highest BCUT2D eigenvalue weighted by Gasteiger charge is 2.25. The van der Waals surface area contributed by atoms with Crippen LogP contribution in [-0.2, 0) is 4.79 Å². The second kappa shape index (κ2) is 9.86. The molecule has 3 rings (SSSR count). The first-order valence-corrected chi connectivity index (χ1v) is 10.5. The van der Waals surface area contributed by atoms with Gasteiger partial charge in [0.15, 0.2) is 23.0 Å². The molecule has 0 radical (unpaired) electrons. The van der Waals surface area contributed by atoms with Gasteiger partial charge in [0.2, 0.25) is 6.79 Å². The quantitative estimate of drug-likeness (QED) is 0.283. The highest BCUT2D eigenvalue weighted by atomic mass is 127. The van der Waals surface area contributed by atoms with Crippen molar-refractivity contribution in [2.45, 2.75) is 19.9 Å². The van der Waals surface area contributed by atoms with E-state index in [-0.39, 0.29) is 18.5 Å². The summed E-state index contributed by atoms with van der Waals surface area (Å²) in [6.07, 6.45) is 1.43. The van der Waals surface area contributed by atoms with Crippen LogP contribution >= 0.6 is 22.6 Å². The summed E-state index contributed by atoms with van der Waals surface area (Å²) in [5.74, 6) is 0.357. The van der Waals surface area contributed by atoms with Gasteiger partial charge in [-0.3, -0.25) is 9.59 Å². The van der Waals surface area contributed by atoms with E-state index in [9.17, 15) is 14.7 Å². The molecule has 1 aliphatic heterocycles. The van der Waals surface area contributed by atoms with E-state index >= 15 is 0 Å². The van der Waals surface area contributed by atoms with Gasteiger partial charge in [-0.2, -0.15) is 5.10 Å². The van der Waals surface area contributed by atoms with E-state index in [1.54, 1.807) is 30.3 Å². The summed E-state index contributed by atoms with van der Waals surface area (Å²) in [6.45, 7) is 3.75. The van der Waals surface area contributed by atoms with Crippen molar-refractivity contribution in [3.63, 3.8) is 0 Å². The average molecular weight is 539 g/mol. The van der Waals surface area contributed by atoms with E-state index in [1.807, 2.05) is 36.4 Å². The van der Waals surface area contributed by atoms with Gasteiger partial charge in [-0.25, -0.2) is 5.43 Å². The monoisotopic (exact) mass is 539 g/mol. The topological polar surface area (TPSA) is 118 Å². The molecule has 164 valence electrons. The summed E-state index contributed by atoms with van der Waals surface area (Å²) in [4.78, 5) is 25.3. The van der Waals surface area contributed by atoms with Gasteiger partial charge >= 0.3 is 0 Å². The van der Waals surface area contributed by atoms with E-state index in [4.69, 9.17) is 14.2 Å². The molecular weight excluding hydrogens is 517 g/mol. The zero-order valence-electron chi connectivity index (χ0n) is 17.1. The number of carbonyl (C=O) groups is 2. The van der Waals surface area contributed by atoms with Crippen molar-refractivity contribution in [2.24, 2.45) is 11.0 Å². The summed E-state index contributed by atoms with van der Waals surface area (Å²) in [5.41, 5.74) is 3.44. The third-order valence-corrected chi connectivity index (χ3v) is 5.35. The number of methoxy groups -OCH3 is 1. The third kappa shape index (κ3) is 5.37. The number of nitrogens with one attached hydrogen (secondary N) is 2. The normalized spacial score (nSPS) is 13.3. The molecule has 2 aromatic rings. The van der Waals surface area contributed by atoms with Gasteiger partial charge in [0.05, 0.1) is 16.9 Å². The molecule has 0 fully saturated rings. The minimum atomic E-state index is -0.801. The number of rotatable bonds is 7. The van der Waals surface area contributed by atoms with Crippen molar-refractivity contribution in [3.05, 3.63) is 45.0 Å². The Morgan fingerprint density at radius 1 is 1.23 bits per heavy atom. The number of fused-ring (bicyclic) bond motifs is 1. The fraction of sp³-hybridized carbons (Fsp3) is 0.286. The smallest absolute Gasteiger partial charge is 0.262 e. The zero-order valence-corrected chi connectivity index (χ0v) is 19.3. The maximum atomic E-state index is 12.6. The Morgan fingerprint density at radius 3 is 2.68 bits per heavy atom. The molecule has 3 N–H and O–H groups in total. The first kappa shape index (κ1) is 22.7. The number of phenolic OH excluding ortho intramolecular Hbond substituents is 1. The summed E-state index contributed by atoms with van der Waals surface area (Å²) >= 11 is 1.97. The van der Waals surface area contributed by atoms with Crippen LogP contribution in [0.25, 0.3) is 0 Å². The Bertz CT molecular complexity index is 1020. The molecule has 1 atom stereocenters. The number of carbonyl (C=O) groups excluding carboxylic acids is 2. The first-order valence-electron chi connectivity index (χ1n) is 9.40. The minimum absolute atomic E-state index is 0.0374. The molecule has 2 aromatic carbocycles. The standard InChI is InChI=1S/C21H22IN3O6/c1-11(2)18(24-20(27)13-4-5-15-16(8-13)31-10-30-15)21(28)25-23-9-12-6-14(22)19(26)17(7-12)29-3/h4-9,11,18,26H,10H2,1-3H3,(H,24,27)(H,25,28)/b23-9+. The highest BCUT2D eigenvalue weighted by molar-refractivity contribution is 14.1.